The number of rotatable bonds is 6. The van der Waals surface area contributed by atoms with E-state index in [2.05, 4.69) is 4.98 Å². The van der Waals surface area contributed by atoms with Crippen molar-refractivity contribution in [1.29, 1.82) is 0 Å². The fourth-order valence-electron chi connectivity index (χ4n) is 1.31. The maximum Gasteiger partial charge on any atom is 0.508 e. The first-order chi connectivity index (χ1) is 8.53. The maximum absolute atomic E-state index is 11.4. The highest BCUT2D eigenvalue weighted by Crippen LogP contribution is 2.14. The fourth-order valence-corrected chi connectivity index (χ4v) is 1.31. The van der Waals surface area contributed by atoms with Crippen molar-refractivity contribution in [2.45, 2.75) is 45.6 Å². The monoisotopic (exact) mass is 251 g/mol. The number of carbonyl (C=O) groups excluding carboxylic acids is 1. The summed E-state index contributed by atoms with van der Waals surface area (Å²) in [7, 11) is 0. The Hall–Kier alpha value is -1.58. The van der Waals surface area contributed by atoms with E-state index >= 15 is 0 Å². The molecule has 4 nitrogen and oxygen atoms in total. The van der Waals surface area contributed by atoms with E-state index in [9.17, 15) is 4.79 Å². The van der Waals surface area contributed by atoms with Crippen LogP contribution in [-0.2, 0) is 15.9 Å². The zero-order valence-electron chi connectivity index (χ0n) is 11.3. The van der Waals surface area contributed by atoms with Gasteiger partial charge in [0, 0.05) is 12.4 Å². The van der Waals surface area contributed by atoms with Crippen LogP contribution >= 0.6 is 0 Å². The molecular formula is C14H21NO3. The van der Waals surface area contributed by atoms with Gasteiger partial charge in [0.05, 0.1) is 6.61 Å². The minimum absolute atomic E-state index is 0.369. The van der Waals surface area contributed by atoms with Crippen molar-refractivity contribution in [3.05, 3.63) is 30.1 Å². The van der Waals surface area contributed by atoms with Gasteiger partial charge >= 0.3 is 6.16 Å². The van der Waals surface area contributed by atoms with Crippen LogP contribution in [0.4, 0.5) is 4.79 Å². The van der Waals surface area contributed by atoms with E-state index in [0.29, 0.717) is 6.61 Å². The van der Waals surface area contributed by atoms with E-state index in [1.165, 1.54) is 0 Å². The molecule has 0 aliphatic heterocycles. The van der Waals surface area contributed by atoms with Gasteiger partial charge in [0.25, 0.3) is 0 Å². The lowest BCUT2D eigenvalue weighted by atomic mass is 10.1. The number of hydrogen-bond acceptors (Lipinski definition) is 4. The number of hydrogen-bond donors (Lipinski definition) is 0. The molecule has 0 bridgehead atoms. The quantitative estimate of drug-likeness (QED) is 0.574. The summed E-state index contributed by atoms with van der Waals surface area (Å²) in [4.78, 5) is 15.4. The van der Waals surface area contributed by atoms with Crippen molar-refractivity contribution in [3.63, 3.8) is 0 Å². The first-order valence-corrected chi connectivity index (χ1v) is 6.28. The average molecular weight is 251 g/mol. The molecule has 1 aromatic rings. The minimum atomic E-state index is -0.590. The van der Waals surface area contributed by atoms with Gasteiger partial charge < -0.3 is 9.47 Å². The average Bonchev–Trinajstić information content (AvgIpc) is 2.35. The van der Waals surface area contributed by atoms with Crippen molar-refractivity contribution in [2.75, 3.05) is 6.61 Å². The van der Waals surface area contributed by atoms with Gasteiger partial charge in [-0.05, 0) is 44.7 Å². The lowest BCUT2D eigenvalue weighted by molar-refractivity contribution is -0.0183. The molecule has 1 rings (SSSR count). The second kappa shape index (κ2) is 6.99. The summed E-state index contributed by atoms with van der Waals surface area (Å²) in [5.41, 5.74) is 0.684. The molecule has 0 atom stereocenters. The van der Waals surface area contributed by atoms with Crippen molar-refractivity contribution >= 4 is 6.16 Å². The first-order valence-electron chi connectivity index (χ1n) is 6.28. The molecule has 0 saturated heterocycles. The highest BCUT2D eigenvalue weighted by Gasteiger charge is 2.21. The van der Waals surface area contributed by atoms with Gasteiger partial charge in [-0.3, -0.25) is 4.98 Å². The van der Waals surface area contributed by atoms with E-state index in [1.807, 2.05) is 39.1 Å². The highest BCUT2D eigenvalue weighted by atomic mass is 16.7. The van der Waals surface area contributed by atoms with Crippen LogP contribution in [-0.4, -0.2) is 23.3 Å². The molecule has 0 saturated carbocycles. The Bertz CT molecular complexity index is 363. The lowest BCUT2D eigenvalue weighted by Gasteiger charge is -2.22. The van der Waals surface area contributed by atoms with Gasteiger partial charge in [-0.1, -0.05) is 13.0 Å². The van der Waals surface area contributed by atoms with Crippen LogP contribution in [0.3, 0.4) is 0 Å². The smallest absolute Gasteiger partial charge is 0.434 e. The molecule has 1 aromatic heterocycles. The van der Waals surface area contributed by atoms with E-state index in [1.54, 1.807) is 6.20 Å². The standard InChI is InChI=1S/C14H21NO3/c1-4-14(2,3)18-13(16)17-10-6-8-12-7-5-9-15-11-12/h5,7,9,11H,4,6,8,10H2,1-3H3. The summed E-state index contributed by atoms with van der Waals surface area (Å²) >= 11 is 0. The zero-order chi connectivity index (χ0) is 13.4. The second-order valence-electron chi connectivity index (χ2n) is 4.78. The van der Waals surface area contributed by atoms with Crippen molar-refractivity contribution < 1.29 is 14.3 Å². The molecule has 0 amide bonds. The molecule has 1 heterocycles. The van der Waals surface area contributed by atoms with E-state index < -0.39 is 11.8 Å². The minimum Gasteiger partial charge on any atom is -0.434 e. The first kappa shape index (κ1) is 14.5. The lowest BCUT2D eigenvalue weighted by Crippen LogP contribution is -2.27. The largest absolute Gasteiger partial charge is 0.508 e. The Balaban J connectivity index is 2.17. The molecule has 18 heavy (non-hydrogen) atoms. The molecule has 0 unspecified atom stereocenters. The third-order valence-corrected chi connectivity index (χ3v) is 2.76. The zero-order valence-corrected chi connectivity index (χ0v) is 11.3. The van der Waals surface area contributed by atoms with Crippen LogP contribution in [0.15, 0.2) is 24.5 Å². The molecule has 100 valence electrons. The van der Waals surface area contributed by atoms with Crippen LogP contribution in [0.2, 0.25) is 0 Å². The Labute approximate surface area is 108 Å². The van der Waals surface area contributed by atoms with Crippen LogP contribution in [0.1, 0.15) is 39.2 Å². The molecule has 0 aliphatic rings. The summed E-state index contributed by atoms with van der Waals surface area (Å²) in [6, 6.07) is 3.90. The molecule has 0 radical (unpaired) electrons. The molecule has 0 N–H and O–H groups in total. The van der Waals surface area contributed by atoms with Gasteiger partial charge in [0.1, 0.15) is 5.60 Å². The third kappa shape index (κ3) is 5.66. The molecule has 0 spiro atoms. The topological polar surface area (TPSA) is 48.4 Å². The SMILES string of the molecule is CCC(C)(C)OC(=O)OCCCc1cccnc1. The Morgan fingerprint density at radius 2 is 2.22 bits per heavy atom. The van der Waals surface area contributed by atoms with Crippen molar-refractivity contribution in [2.24, 2.45) is 0 Å². The van der Waals surface area contributed by atoms with Crippen molar-refractivity contribution in [3.8, 4) is 0 Å². The van der Waals surface area contributed by atoms with E-state index in [-0.39, 0.29) is 0 Å². The molecule has 0 fully saturated rings. The van der Waals surface area contributed by atoms with Gasteiger partial charge in [-0.2, -0.15) is 0 Å². The van der Waals surface area contributed by atoms with Crippen LogP contribution in [0.5, 0.6) is 0 Å². The van der Waals surface area contributed by atoms with Crippen LogP contribution < -0.4 is 0 Å². The second-order valence-corrected chi connectivity index (χ2v) is 4.78. The van der Waals surface area contributed by atoms with Crippen molar-refractivity contribution in [1.82, 2.24) is 4.98 Å². The Morgan fingerprint density at radius 1 is 1.44 bits per heavy atom. The molecule has 0 aliphatic carbocycles. The van der Waals surface area contributed by atoms with E-state index in [0.717, 1.165) is 24.8 Å². The van der Waals surface area contributed by atoms with Crippen LogP contribution in [0.25, 0.3) is 0 Å². The maximum atomic E-state index is 11.4. The number of carbonyl (C=O) groups is 1. The number of ether oxygens (including phenoxy) is 2. The normalized spacial score (nSPS) is 11.1. The number of aryl methyl sites for hydroxylation is 1. The summed E-state index contributed by atoms with van der Waals surface area (Å²) < 4.78 is 10.2. The van der Waals surface area contributed by atoms with Gasteiger partial charge in [0.2, 0.25) is 0 Å². The summed E-state index contributed by atoms with van der Waals surface area (Å²) in [6.45, 7) is 6.07. The fraction of sp³-hybridized carbons (Fsp3) is 0.571. The number of nitrogens with zero attached hydrogens (tertiary/aromatic N) is 1. The summed E-state index contributed by atoms with van der Waals surface area (Å²) in [6.07, 6.45) is 5.35. The van der Waals surface area contributed by atoms with Gasteiger partial charge in [-0.25, -0.2) is 4.79 Å². The predicted molar refractivity (Wildman–Crippen MR) is 69.4 cm³/mol. The number of aromatic nitrogens is 1. The Morgan fingerprint density at radius 3 is 2.83 bits per heavy atom. The Kier molecular flexibility index (Phi) is 5.62. The van der Waals surface area contributed by atoms with E-state index in [4.69, 9.17) is 9.47 Å². The highest BCUT2D eigenvalue weighted by molar-refractivity contribution is 5.60. The van der Waals surface area contributed by atoms with Gasteiger partial charge in [0.15, 0.2) is 0 Å². The third-order valence-electron chi connectivity index (χ3n) is 2.76. The number of pyridine rings is 1. The predicted octanol–water partition coefficient (Wildman–Crippen LogP) is 3.36. The summed E-state index contributed by atoms with van der Waals surface area (Å²) in [5, 5.41) is 0. The van der Waals surface area contributed by atoms with Gasteiger partial charge in [-0.15, -0.1) is 0 Å². The molecule has 4 heteroatoms. The molecular weight excluding hydrogens is 230 g/mol. The summed E-state index contributed by atoms with van der Waals surface area (Å²) in [5.74, 6) is 0. The van der Waals surface area contributed by atoms with Crippen LogP contribution in [0, 0.1) is 0 Å². The molecule has 0 aromatic carbocycles.